The van der Waals surface area contributed by atoms with Crippen molar-refractivity contribution in [2.75, 3.05) is 6.54 Å². The van der Waals surface area contributed by atoms with Crippen LogP contribution in [0.4, 0.5) is 4.79 Å². The molecule has 0 bridgehead atoms. The van der Waals surface area contributed by atoms with Crippen LogP contribution in [-0.2, 0) is 14.3 Å². The molecule has 192 valence electrons. The zero-order valence-electron chi connectivity index (χ0n) is 21.3. The number of amides is 3. The number of phenols is 1. The molecular formula is C26H38N4O5. The van der Waals surface area contributed by atoms with Gasteiger partial charge in [0, 0.05) is 6.04 Å². The monoisotopic (exact) mass is 486 g/mol. The minimum absolute atomic E-state index is 0.00399. The highest BCUT2D eigenvalue weighted by molar-refractivity contribution is 5.92. The van der Waals surface area contributed by atoms with Gasteiger partial charge in [-0.1, -0.05) is 45.2 Å². The van der Waals surface area contributed by atoms with Gasteiger partial charge in [-0.2, -0.15) is 5.26 Å². The lowest BCUT2D eigenvalue weighted by Gasteiger charge is -2.35. The van der Waals surface area contributed by atoms with Crippen LogP contribution in [0.2, 0.25) is 0 Å². The van der Waals surface area contributed by atoms with E-state index in [2.05, 4.69) is 10.6 Å². The van der Waals surface area contributed by atoms with Crippen molar-refractivity contribution >= 4 is 17.9 Å². The summed E-state index contributed by atoms with van der Waals surface area (Å²) in [5.74, 6) is -1.28. The summed E-state index contributed by atoms with van der Waals surface area (Å²) >= 11 is 0. The molecule has 2 unspecified atom stereocenters. The Balaban J connectivity index is 2.40. The van der Waals surface area contributed by atoms with Crippen LogP contribution in [0.25, 0.3) is 0 Å². The summed E-state index contributed by atoms with van der Waals surface area (Å²) in [6.07, 6.45) is 4.12. The summed E-state index contributed by atoms with van der Waals surface area (Å²) in [5.41, 5.74) is -0.297. The zero-order chi connectivity index (χ0) is 26.2. The van der Waals surface area contributed by atoms with Crippen molar-refractivity contribution in [2.24, 2.45) is 5.92 Å². The van der Waals surface area contributed by atoms with E-state index in [4.69, 9.17) is 4.74 Å². The first-order chi connectivity index (χ1) is 16.4. The normalized spacial score (nSPS) is 16.0. The molecule has 1 aromatic rings. The lowest BCUT2D eigenvalue weighted by molar-refractivity contribution is -0.142. The largest absolute Gasteiger partial charge is 0.508 e. The molecule has 2 atom stereocenters. The molecule has 1 saturated carbocycles. The van der Waals surface area contributed by atoms with E-state index in [1.807, 2.05) is 6.07 Å². The topological polar surface area (TPSA) is 132 Å². The van der Waals surface area contributed by atoms with Crippen molar-refractivity contribution in [1.29, 1.82) is 5.26 Å². The van der Waals surface area contributed by atoms with Crippen LogP contribution in [0.1, 0.15) is 78.3 Å². The molecule has 0 aliphatic heterocycles. The Hall–Kier alpha value is -3.28. The number of nitrogens with one attached hydrogen (secondary N) is 2. The number of benzene rings is 1. The fraction of sp³-hybridized carbons (Fsp3) is 0.615. The van der Waals surface area contributed by atoms with Gasteiger partial charge in [-0.25, -0.2) is 4.79 Å². The maximum absolute atomic E-state index is 13.7. The number of aromatic hydroxyl groups is 1. The SMILES string of the molecule is CC(C)C(NC(=O)OC(C)(C)C)C(=O)N(CC#N)C(C(=O)NC1CCCCC1)c1ccc(O)cc1. The smallest absolute Gasteiger partial charge is 0.408 e. The van der Waals surface area contributed by atoms with E-state index in [9.17, 15) is 24.8 Å². The number of hydrogen-bond acceptors (Lipinski definition) is 6. The van der Waals surface area contributed by atoms with Crippen molar-refractivity contribution < 1.29 is 24.2 Å². The standard InChI is InChI=1S/C26H38N4O5/c1-17(2)21(29-25(34)35-26(3,4)5)24(33)30(16-15-27)22(18-11-13-20(31)14-12-18)23(32)28-19-9-7-6-8-10-19/h11-14,17,19,21-22,31H,6-10,16H2,1-5H3,(H,28,32)(H,29,34). The van der Waals surface area contributed by atoms with Gasteiger partial charge in [-0.15, -0.1) is 0 Å². The van der Waals surface area contributed by atoms with E-state index < -0.39 is 35.6 Å². The third-order valence-corrected chi connectivity index (χ3v) is 5.85. The highest BCUT2D eigenvalue weighted by atomic mass is 16.6. The number of carbonyl (C=O) groups excluding carboxylic acids is 3. The Morgan fingerprint density at radius 3 is 2.26 bits per heavy atom. The zero-order valence-corrected chi connectivity index (χ0v) is 21.3. The summed E-state index contributed by atoms with van der Waals surface area (Å²) < 4.78 is 5.32. The average molecular weight is 487 g/mol. The van der Waals surface area contributed by atoms with E-state index in [0.717, 1.165) is 32.1 Å². The molecule has 9 heteroatoms. The van der Waals surface area contributed by atoms with Gasteiger partial charge >= 0.3 is 6.09 Å². The van der Waals surface area contributed by atoms with Crippen LogP contribution in [0.15, 0.2) is 24.3 Å². The number of nitriles is 1. The lowest BCUT2D eigenvalue weighted by Crippen LogP contribution is -2.55. The van der Waals surface area contributed by atoms with E-state index >= 15 is 0 Å². The first-order valence-corrected chi connectivity index (χ1v) is 12.2. The van der Waals surface area contributed by atoms with Crippen LogP contribution < -0.4 is 10.6 Å². The molecule has 1 aliphatic rings. The minimum atomic E-state index is -1.11. The summed E-state index contributed by atoms with van der Waals surface area (Å²) in [6.45, 7) is 8.33. The number of alkyl carbamates (subject to hydrolysis) is 1. The Bertz CT molecular complexity index is 911. The Kier molecular flexibility index (Phi) is 9.93. The molecule has 35 heavy (non-hydrogen) atoms. The lowest BCUT2D eigenvalue weighted by atomic mass is 9.94. The summed E-state index contributed by atoms with van der Waals surface area (Å²) in [4.78, 5) is 40.9. The fourth-order valence-electron chi connectivity index (χ4n) is 4.16. The molecular weight excluding hydrogens is 448 g/mol. The summed E-state index contributed by atoms with van der Waals surface area (Å²) in [7, 11) is 0. The Morgan fingerprint density at radius 2 is 1.74 bits per heavy atom. The second-order valence-corrected chi connectivity index (χ2v) is 10.3. The van der Waals surface area contributed by atoms with Gasteiger partial charge < -0.3 is 25.4 Å². The number of nitrogens with zero attached hydrogens (tertiary/aromatic N) is 2. The van der Waals surface area contributed by atoms with Crippen molar-refractivity contribution in [3.05, 3.63) is 29.8 Å². The molecule has 0 heterocycles. The highest BCUT2D eigenvalue weighted by Gasteiger charge is 2.38. The quantitative estimate of drug-likeness (QED) is 0.479. The van der Waals surface area contributed by atoms with E-state index in [1.165, 1.54) is 17.0 Å². The van der Waals surface area contributed by atoms with Crippen LogP contribution >= 0.6 is 0 Å². The summed E-state index contributed by atoms with van der Waals surface area (Å²) in [5, 5.41) is 25.0. The van der Waals surface area contributed by atoms with Crippen molar-refractivity contribution in [3.63, 3.8) is 0 Å². The second kappa shape index (κ2) is 12.4. The molecule has 3 N–H and O–H groups in total. The average Bonchev–Trinajstić information content (AvgIpc) is 2.77. The second-order valence-electron chi connectivity index (χ2n) is 10.3. The van der Waals surface area contributed by atoms with E-state index in [0.29, 0.717) is 5.56 Å². The Morgan fingerprint density at radius 1 is 1.14 bits per heavy atom. The van der Waals surface area contributed by atoms with E-state index in [1.54, 1.807) is 46.8 Å². The molecule has 3 amide bonds. The molecule has 0 saturated heterocycles. The maximum Gasteiger partial charge on any atom is 0.408 e. The number of rotatable bonds is 8. The third-order valence-electron chi connectivity index (χ3n) is 5.85. The van der Waals surface area contributed by atoms with Gasteiger partial charge in [0.15, 0.2) is 0 Å². The van der Waals surface area contributed by atoms with Crippen LogP contribution in [-0.4, -0.2) is 52.1 Å². The van der Waals surface area contributed by atoms with Crippen LogP contribution in [0.3, 0.4) is 0 Å². The van der Waals surface area contributed by atoms with E-state index in [-0.39, 0.29) is 24.3 Å². The van der Waals surface area contributed by atoms with Crippen LogP contribution in [0.5, 0.6) is 5.75 Å². The maximum atomic E-state index is 13.7. The molecule has 1 fully saturated rings. The molecule has 9 nitrogen and oxygen atoms in total. The number of ether oxygens (including phenoxy) is 1. The number of phenolic OH excluding ortho intramolecular Hbond substituents is 1. The number of carbonyl (C=O) groups is 3. The molecule has 0 spiro atoms. The first-order valence-electron chi connectivity index (χ1n) is 12.2. The molecule has 0 radical (unpaired) electrons. The van der Waals surface area contributed by atoms with Crippen molar-refractivity contribution in [1.82, 2.24) is 15.5 Å². The molecule has 0 aromatic heterocycles. The Labute approximate surface area is 207 Å². The first kappa shape index (κ1) is 28.0. The van der Waals surface area contributed by atoms with Crippen molar-refractivity contribution in [3.8, 4) is 11.8 Å². The predicted molar refractivity (Wildman–Crippen MR) is 131 cm³/mol. The van der Waals surface area contributed by atoms with Gasteiger partial charge in [-0.3, -0.25) is 9.59 Å². The van der Waals surface area contributed by atoms with Gasteiger partial charge in [0.1, 0.15) is 30.0 Å². The third kappa shape index (κ3) is 8.46. The van der Waals surface area contributed by atoms with Gasteiger partial charge in [0.05, 0.1) is 6.07 Å². The van der Waals surface area contributed by atoms with Gasteiger partial charge in [-0.05, 0) is 57.2 Å². The number of hydrogen-bond donors (Lipinski definition) is 3. The molecule has 2 rings (SSSR count). The molecule has 1 aliphatic carbocycles. The van der Waals surface area contributed by atoms with Crippen LogP contribution in [0, 0.1) is 17.2 Å². The fourth-order valence-corrected chi connectivity index (χ4v) is 4.16. The summed E-state index contributed by atoms with van der Waals surface area (Å²) in [6, 6.07) is 5.85. The predicted octanol–water partition coefficient (Wildman–Crippen LogP) is 3.78. The minimum Gasteiger partial charge on any atom is -0.508 e. The van der Waals surface area contributed by atoms with Gasteiger partial charge in [0.25, 0.3) is 0 Å². The highest BCUT2D eigenvalue weighted by Crippen LogP contribution is 2.27. The van der Waals surface area contributed by atoms with Crippen molar-refractivity contribution in [2.45, 2.75) is 90.4 Å². The molecule has 1 aromatic carbocycles. The van der Waals surface area contributed by atoms with Gasteiger partial charge in [0.2, 0.25) is 11.8 Å².